The molecule has 112 valence electrons. The molecule has 4 nitrogen and oxygen atoms in total. The lowest BCUT2D eigenvalue weighted by atomic mass is 9.91. The summed E-state index contributed by atoms with van der Waals surface area (Å²) < 4.78 is 2.20. The molecule has 0 aromatic carbocycles. The number of nitrogens with zero attached hydrogens (tertiary/aromatic N) is 3. The first kappa shape index (κ1) is 13.9. The van der Waals surface area contributed by atoms with E-state index >= 15 is 0 Å². The topological polar surface area (TPSA) is 33.1 Å². The first-order chi connectivity index (χ1) is 9.83. The van der Waals surface area contributed by atoms with Crippen LogP contribution in [0.5, 0.6) is 0 Å². The van der Waals surface area contributed by atoms with Crippen molar-refractivity contribution < 1.29 is 0 Å². The molecule has 3 heterocycles. The van der Waals surface area contributed by atoms with Gasteiger partial charge in [-0.2, -0.15) is 5.10 Å². The number of piperidine rings is 1. The minimum atomic E-state index is 0.644. The van der Waals surface area contributed by atoms with Crippen LogP contribution in [0.4, 0.5) is 5.82 Å². The number of rotatable bonds is 3. The third-order valence-corrected chi connectivity index (χ3v) is 4.87. The summed E-state index contributed by atoms with van der Waals surface area (Å²) in [5.74, 6) is 1.96. The van der Waals surface area contributed by atoms with Gasteiger partial charge in [-0.15, -0.1) is 0 Å². The third kappa shape index (κ3) is 2.58. The molecule has 2 aliphatic heterocycles. The van der Waals surface area contributed by atoms with Crippen LogP contribution in [0.25, 0.3) is 0 Å². The first-order valence-electron chi connectivity index (χ1n) is 8.39. The largest absolute Gasteiger partial charge is 0.370 e. The normalized spacial score (nSPS) is 24.0. The predicted octanol–water partition coefficient (Wildman–Crippen LogP) is 2.85. The summed E-state index contributed by atoms with van der Waals surface area (Å²) in [6.07, 6.45) is 6.42. The van der Waals surface area contributed by atoms with Crippen LogP contribution in [-0.4, -0.2) is 40.9 Å². The van der Waals surface area contributed by atoms with Gasteiger partial charge in [-0.1, -0.05) is 6.92 Å². The SMILES string of the molecule is CCN1CCCC(c2nn(CC)c3c2CCCCN3)C1. The number of likely N-dealkylation sites (N-methyl/N-ethyl adjacent to an activating group) is 1. The molecule has 1 N–H and O–H groups in total. The van der Waals surface area contributed by atoms with Crippen LogP contribution in [0.1, 0.15) is 56.7 Å². The van der Waals surface area contributed by atoms with Gasteiger partial charge in [0.05, 0.1) is 5.69 Å². The predicted molar refractivity (Wildman–Crippen MR) is 83.4 cm³/mol. The quantitative estimate of drug-likeness (QED) is 0.921. The summed E-state index contributed by atoms with van der Waals surface area (Å²) in [5.41, 5.74) is 2.92. The van der Waals surface area contributed by atoms with E-state index in [1.54, 1.807) is 0 Å². The number of hydrogen-bond acceptors (Lipinski definition) is 3. The second-order valence-corrected chi connectivity index (χ2v) is 6.14. The average Bonchev–Trinajstić information content (AvgIpc) is 2.68. The van der Waals surface area contributed by atoms with E-state index < -0.39 is 0 Å². The summed E-state index contributed by atoms with van der Waals surface area (Å²) in [4.78, 5) is 2.58. The van der Waals surface area contributed by atoms with Gasteiger partial charge >= 0.3 is 0 Å². The molecular formula is C16H28N4. The molecule has 0 spiro atoms. The number of anilines is 1. The van der Waals surface area contributed by atoms with Gasteiger partial charge in [-0.3, -0.25) is 0 Å². The molecule has 1 aromatic rings. The lowest BCUT2D eigenvalue weighted by Crippen LogP contribution is -2.34. The van der Waals surface area contributed by atoms with E-state index in [1.807, 2.05) is 0 Å². The fourth-order valence-electron chi connectivity index (χ4n) is 3.72. The summed E-state index contributed by atoms with van der Waals surface area (Å²) in [6.45, 7) is 10.2. The Morgan fingerprint density at radius 1 is 1.20 bits per heavy atom. The van der Waals surface area contributed by atoms with Crippen molar-refractivity contribution >= 4 is 5.82 Å². The Morgan fingerprint density at radius 3 is 2.90 bits per heavy atom. The van der Waals surface area contributed by atoms with Crippen LogP contribution in [0.3, 0.4) is 0 Å². The number of hydrogen-bond donors (Lipinski definition) is 1. The molecule has 0 bridgehead atoms. The highest BCUT2D eigenvalue weighted by Gasteiger charge is 2.28. The third-order valence-electron chi connectivity index (χ3n) is 4.87. The summed E-state index contributed by atoms with van der Waals surface area (Å²) in [7, 11) is 0. The van der Waals surface area contributed by atoms with E-state index in [0.717, 1.165) is 13.1 Å². The first-order valence-corrected chi connectivity index (χ1v) is 8.39. The Bertz CT molecular complexity index is 452. The molecule has 1 unspecified atom stereocenters. The molecule has 1 aromatic heterocycles. The zero-order valence-electron chi connectivity index (χ0n) is 13.0. The minimum Gasteiger partial charge on any atom is -0.370 e. The Labute approximate surface area is 122 Å². The van der Waals surface area contributed by atoms with Crippen molar-refractivity contribution in [3.05, 3.63) is 11.3 Å². The maximum Gasteiger partial charge on any atom is 0.127 e. The number of fused-ring (bicyclic) bond motifs is 1. The Balaban J connectivity index is 1.90. The molecule has 0 saturated carbocycles. The minimum absolute atomic E-state index is 0.644. The van der Waals surface area contributed by atoms with Crippen molar-refractivity contribution in [1.29, 1.82) is 0 Å². The Kier molecular flexibility index (Phi) is 4.29. The zero-order chi connectivity index (χ0) is 13.9. The van der Waals surface area contributed by atoms with Crippen molar-refractivity contribution in [2.24, 2.45) is 0 Å². The molecule has 0 radical (unpaired) electrons. The number of aryl methyl sites for hydroxylation is 1. The van der Waals surface area contributed by atoms with E-state index in [9.17, 15) is 0 Å². The van der Waals surface area contributed by atoms with E-state index in [0.29, 0.717) is 5.92 Å². The van der Waals surface area contributed by atoms with Gasteiger partial charge in [0.2, 0.25) is 0 Å². The number of aromatic nitrogens is 2. The number of likely N-dealkylation sites (tertiary alicyclic amines) is 1. The van der Waals surface area contributed by atoms with Crippen LogP contribution in [0.15, 0.2) is 0 Å². The molecule has 3 rings (SSSR count). The summed E-state index contributed by atoms with van der Waals surface area (Å²) in [5, 5.41) is 8.59. The molecule has 1 fully saturated rings. The highest BCUT2D eigenvalue weighted by molar-refractivity contribution is 5.50. The number of nitrogens with one attached hydrogen (secondary N) is 1. The van der Waals surface area contributed by atoms with Gasteiger partial charge in [-0.25, -0.2) is 4.68 Å². The van der Waals surface area contributed by atoms with Gasteiger partial charge in [0.1, 0.15) is 5.82 Å². The summed E-state index contributed by atoms with van der Waals surface area (Å²) >= 11 is 0. The zero-order valence-corrected chi connectivity index (χ0v) is 13.0. The standard InChI is InChI=1S/C16H28N4/c1-3-19-11-7-8-13(12-19)15-14-9-5-6-10-17-16(14)20(4-2)18-15/h13,17H,3-12H2,1-2H3. The van der Waals surface area contributed by atoms with Gasteiger partial charge < -0.3 is 10.2 Å². The monoisotopic (exact) mass is 276 g/mol. The van der Waals surface area contributed by atoms with Crippen LogP contribution in [0.2, 0.25) is 0 Å². The van der Waals surface area contributed by atoms with Crippen LogP contribution < -0.4 is 5.32 Å². The van der Waals surface area contributed by atoms with Crippen LogP contribution >= 0.6 is 0 Å². The van der Waals surface area contributed by atoms with Crippen molar-refractivity contribution in [2.75, 3.05) is 31.5 Å². The van der Waals surface area contributed by atoms with E-state index in [-0.39, 0.29) is 0 Å². The Morgan fingerprint density at radius 2 is 2.10 bits per heavy atom. The summed E-state index contributed by atoms with van der Waals surface area (Å²) in [6, 6.07) is 0. The molecule has 0 aliphatic carbocycles. The second kappa shape index (κ2) is 6.17. The maximum absolute atomic E-state index is 4.97. The molecule has 0 amide bonds. The molecular weight excluding hydrogens is 248 g/mol. The smallest absolute Gasteiger partial charge is 0.127 e. The fourth-order valence-corrected chi connectivity index (χ4v) is 3.72. The molecule has 1 atom stereocenters. The molecule has 2 aliphatic rings. The van der Waals surface area contributed by atoms with Gasteiger partial charge in [0.25, 0.3) is 0 Å². The maximum atomic E-state index is 4.97. The van der Waals surface area contributed by atoms with Crippen molar-refractivity contribution in [3.63, 3.8) is 0 Å². The van der Waals surface area contributed by atoms with Crippen molar-refractivity contribution in [3.8, 4) is 0 Å². The average molecular weight is 276 g/mol. The highest BCUT2D eigenvalue weighted by atomic mass is 15.3. The highest BCUT2D eigenvalue weighted by Crippen LogP contribution is 2.34. The second-order valence-electron chi connectivity index (χ2n) is 6.14. The van der Waals surface area contributed by atoms with E-state index in [2.05, 4.69) is 28.7 Å². The van der Waals surface area contributed by atoms with Crippen LogP contribution in [0, 0.1) is 0 Å². The van der Waals surface area contributed by atoms with E-state index in [4.69, 9.17) is 5.10 Å². The van der Waals surface area contributed by atoms with Gasteiger partial charge in [0, 0.05) is 31.1 Å². The molecule has 4 heteroatoms. The fraction of sp³-hybridized carbons (Fsp3) is 0.812. The van der Waals surface area contributed by atoms with Crippen molar-refractivity contribution in [1.82, 2.24) is 14.7 Å². The van der Waals surface area contributed by atoms with Gasteiger partial charge in [0.15, 0.2) is 0 Å². The van der Waals surface area contributed by atoms with Gasteiger partial charge in [-0.05, 0) is 52.1 Å². The van der Waals surface area contributed by atoms with Crippen LogP contribution in [-0.2, 0) is 13.0 Å². The van der Waals surface area contributed by atoms with Crippen molar-refractivity contribution in [2.45, 2.75) is 58.4 Å². The molecule has 1 saturated heterocycles. The lowest BCUT2D eigenvalue weighted by molar-refractivity contribution is 0.215. The van der Waals surface area contributed by atoms with E-state index in [1.165, 1.54) is 68.8 Å². The molecule has 20 heavy (non-hydrogen) atoms. The lowest BCUT2D eigenvalue weighted by Gasteiger charge is -2.31. The Hall–Kier alpha value is -1.03.